The van der Waals surface area contributed by atoms with Gasteiger partial charge in [-0.1, -0.05) is 61.5 Å². The molecule has 152 valence electrons. The van der Waals surface area contributed by atoms with Crippen LogP contribution in [0.1, 0.15) is 30.0 Å². The first-order valence-corrected chi connectivity index (χ1v) is 9.63. The van der Waals surface area contributed by atoms with Crippen molar-refractivity contribution in [2.45, 2.75) is 45.0 Å². The number of ether oxygens (including phenoxy) is 1. The Bertz CT molecular complexity index is 885. The summed E-state index contributed by atoms with van der Waals surface area (Å²) in [6, 6.07) is 15.5. The van der Waals surface area contributed by atoms with Gasteiger partial charge in [0.1, 0.15) is 18.7 Å². The van der Waals surface area contributed by atoms with Crippen molar-refractivity contribution in [3.05, 3.63) is 71.3 Å². The highest BCUT2D eigenvalue weighted by Gasteiger charge is 2.36. The van der Waals surface area contributed by atoms with Gasteiger partial charge < -0.3 is 15.8 Å². The number of nitrogens with zero attached hydrogens (tertiary/aromatic N) is 1. The number of hydrogen-bond acceptors (Lipinski definition) is 4. The maximum Gasteiger partial charge on any atom is 0.411 e. The molecule has 0 fully saturated rings. The Balaban J connectivity index is 1.78. The van der Waals surface area contributed by atoms with Crippen molar-refractivity contribution in [2.75, 3.05) is 0 Å². The molecule has 7 heteroatoms. The molecule has 1 aliphatic rings. The zero-order valence-electron chi connectivity index (χ0n) is 16.3. The Hall–Kier alpha value is -3.35. The zero-order valence-corrected chi connectivity index (χ0v) is 16.3. The fourth-order valence-electron chi connectivity index (χ4n) is 3.39. The van der Waals surface area contributed by atoms with Crippen LogP contribution in [0.25, 0.3) is 0 Å². The maximum absolute atomic E-state index is 12.9. The third-order valence-electron chi connectivity index (χ3n) is 5.06. The highest BCUT2D eigenvalue weighted by molar-refractivity contribution is 5.91. The van der Waals surface area contributed by atoms with E-state index in [1.807, 2.05) is 54.6 Å². The molecule has 2 atom stereocenters. The molecule has 1 aliphatic heterocycles. The summed E-state index contributed by atoms with van der Waals surface area (Å²) >= 11 is 0. The third-order valence-corrected chi connectivity index (χ3v) is 5.06. The predicted octanol–water partition coefficient (Wildman–Crippen LogP) is 2.13. The second kappa shape index (κ2) is 9.23. The smallest absolute Gasteiger partial charge is 0.411 e. The Labute approximate surface area is 169 Å². The lowest BCUT2D eigenvalue weighted by Crippen LogP contribution is -2.56. The second-order valence-corrected chi connectivity index (χ2v) is 7.03. The molecule has 0 radical (unpaired) electrons. The molecule has 7 nitrogen and oxygen atoms in total. The molecular formula is C22H25N3O4. The molecule has 29 heavy (non-hydrogen) atoms. The van der Waals surface area contributed by atoms with Crippen molar-refractivity contribution in [2.24, 2.45) is 5.73 Å². The molecule has 2 aromatic rings. The van der Waals surface area contributed by atoms with Crippen molar-refractivity contribution >= 4 is 17.9 Å². The van der Waals surface area contributed by atoms with Gasteiger partial charge in [0.15, 0.2) is 0 Å². The molecule has 0 bridgehead atoms. The lowest BCUT2D eigenvalue weighted by Gasteiger charge is -2.35. The summed E-state index contributed by atoms with van der Waals surface area (Å²) in [5.74, 6) is -1.02. The molecule has 0 unspecified atom stereocenters. The van der Waals surface area contributed by atoms with Crippen LogP contribution in [0.15, 0.2) is 54.6 Å². The van der Waals surface area contributed by atoms with Gasteiger partial charge in [0.05, 0.1) is 6.54 Å². The van der Waals surface area contributed by atoms with Gasteiger partial charge in [-0.2, -0.15) is 0 Å². The number of fused-ring (bicyclic) bond motifs is 1. The number of carbonyl (C=O) groups excluding carboxylic acids is 3. The van der Waals surface area contributed by atoms with Crippen LogP contribution in [0, 0.1) is 0 Å². The highest BCUT2D eigenvalue weighted by atomic mass is 16.6. The lowest BCUT2D eigenvalue weighted by molar-refractivity contribution is -0.131. The normalized spacial score (nSPS) is 16.4. The van der Waals surface area contributed by atoms with E-state index < -0.39 is 30.0 Å². The lowest BCUT2D eigenvalue weighted by atomic mass is 9.93. The largest absolute Gasteiger partial charge is 0.445 e. The Morgan fingerprint density at radius 2 is 1.76 bits per heavy atom. The maximum atomic E-state index is 12.9. The van der Waals surface area contributed by atoms with E-state index in [-0.39, 0.29) is 13.2 Å². The van der Waals surface area contributed by atoms with Gasteiger partial charge in [0, 0.05) is 6.42 Å². The average molecular weight is 395 g/mol. The summed E-state index contributed by atoms with van der Waals surface area (Å²) in [5.41, 5.74) is 8.17. The van der Waals surface area contributed by atoms with Gasteiger partial charge in [0.25, 0.3) is 0 Å². The van der Waals surface area contributed by atoms with Gasteiger partial charge in [0.2, 0.25) is 11.8 Å². The third kappa shape index (κ3) is 4.93. The quantitative estimate of drug-likeness (QED) is 0.782. The molecule has 0 spiro atoms. The van der Waals surface area contributed by atoms with Gasteiger partial charge in [-0.15, -0.1) is 0 Å². The van der Waals surface area contributed by atoms with Crippen LogP contribution in [0.2, 0.25) is 0 Å². The van der Waals surface area contributed by atoms with E-state index in [4.69, 9.17) is 10.5 Å². The predicted molar refractivity (Wildman–Crippen MR) is 108 cm³/mol. The molecule has 3 amide bonds. The molecule has 0 aliphatic carbocycles. The number of carbonyl (C=O) groups is 3. The van der Waals surface area contributed by atoms with Crippen LogP contribution in [0.5, 0.6) is 0 Å². The zero-order chi connectivity index (χ0) is 20.8. The first-order chi connectivity index (χ1) is 14.0. The van der Waals surface area contributed by atoms with Crippen LogP contribution < -0.4 is 11.1 Å². The number of amides is 3. The number of benzene rings is 2. The standard InChI is InChI=1S/C22H25N3O4/c1-2-18(20(23)26)24-21(27)19-12-16-10-6-7-11-17(16)13-25(19)22(28)29-14-15-8-4-3-5-9-15/h3-11,18-19H,2,12-14H2,1H3,(H2,23,26)(H,24,27)/t18-,19-/m0/s1. The monoisotopic (exact) mass is 395 g/mol. The summed E-state index contributed by atoms with van der Waals surface area (Å²) in [6.45, 7) is 2.14. The molecule has 3 N–H and O–H groups in total. The fraction of sp³-hybridized carbons (Fsp3) is 0.318. The highest BCUT2D eigenvalue weighted by Crippen LogP contribution is 2.24. The number of nitrogens with one attached hydrogen (secondary N) is 1. The first kappa shape index (κ1) is 20.4. The SMILES string of the molecule is CC[C@H](NC(=O)[C@@H]1Cc2ccccc2CN1C(=O)OCc1ccccc1)C(N)=O. The van der Waals surface area contributed by atoms with Crippen LogP contribution in [-0.4, -0.2) is 34.9 Å². The molecule has 1 heterocycles. The number of nitrogens with two attached hydrogens (primary N) is 1. The minimum Gasteiger partial charge on any atom is -0.445 e. The topological polar surface area (TPSA) is 102 Å². The fourth-order valence-corrected chi connectivity index (χ4v) is 3.39. The number of hydrogen-bond donors (Lipinski definition) is 2. The summed E-state index contributed by atoms with van der Waals surface area (Å²) in [5, 5.41) is 2.66. The first-order valence-electron chi connectivity index (χ1n) is 9.63. The molecule has 0 aromatic heterocycles. The second-order valence-electron chi connectivity index (χ2n) is 7.03. The van der Waals surface area contributed by atoms with Crippen molar-refractivity contribution < 1.29 is 19.1 Å². The van der Waals surface area contributed by atoms with Gasteiger partial charge in [-0.3, -0.25) is 14.5 Å². The van der Waals surface area contributed by atoms with Crippen LogP contribution >= 0.6 is 0 Å². The molecule has 3 rings (SSSR count). The van der Waals surface area contributed by atoms with Crippen molar-refractivity contribution in [3.8, 4) is 0 Å². The molecular weight excluding hydrogens is 370 g/mol. The van der Waals surface area contributed by atoms with E-state index in [1.165, 1.54) is 4.90 Å². The van der Waals surface area contributed by atoms with Crippen molar-refractivity contribution in [1.29, 1.82) is 0 Å². The Morgan fingerprint density at radius 1 is 1.10 bits per heavy atom. The van der Waals surface area contributed by atoms with Crippen molar-refractivity contribution in [3.63, 3.8) is 0 Å². The average Bonchev–Trinajstić information content (AvgIpc) is 2.75. The summed E-state index contributed by atoms with van der Waals surface area (Å²) in [4.78, 5) is 38.7. The summed E-state index contributed by atoms with van der Waals surface area (Å²) in [6.07, 6.45) is 0.149. The van der Waals surface area contributed by atoms with E-state index in [1.54, 1.807) is 6.92 Å². The Morgan fingerprint density at radius 3 is 2.41 bits per heavy atom. The van der Waals surface area contributed by atoms with Crippen LogP contribution in [0.4, 0.5) is 4.79 Å². The molecule has 0 saturated carbocycles. The van der Waals surface area contributed by atoms with Gasteiger partial charge in [-0.25, -0.2) is 4.79 Å². The van der Waals surface area contributed by atoms with Crippen molar-refractivity contribution in [1.82, 2.24) is 10.2 Å². The summed E-state index contributed by atoms with van der Waals surface area (Å²) < 4.78 is 5.46. The molecule has 2 aromatic carbocycles. The minimum atomic E-state index is -0.776. The van der Waals surface area contributed by atoms with Gasteiger partial charge in [-0.05, 0) is 23.1 Å². The van der Waals surface area contributed by atoms with E-state index in [0.29, 0.717) is 12.8 Å². The Kier molecular flexibility index (Phi) is 6.49. The minimum absolute atomic E-state index is 0.116. The van der Waals surface area contributed by atoms with E-state index in [9.17, 15) is 14.4 Å². The van der Waals surface area contributed by atoms with Crippen LogP contribution in [-0.2, 0) is 33.9 Å². The van der Waals surface area contributed by atoms with Gasteiger partial charge >= 0.3 is 6.09 Å². The number of rotatable bonds is 6. The van der Waals surface area contributed by atoms with Crippen LogP contribution in [0.3, 0.4) is 0 Å². The molecule has 0 saturated heterocycles. The number of primary amides is 1. The van der Waals surface area contributed by atoms with E-state index in [2.05, 4.69) is 5.32 Å². The summed E-state index contributed by atoms with van der Waals surface area (Å²) in [7, 11) is 0. The van der Waals surface area contributed by atoms with E-state index in [0.717, 1.165) is 16.7 Å². The van der Waals surface area contributed by atoms with E-state index >= 15 is 0 Å².